The quantitative estimate of drug-likeness (QED) is 0.876. The van der Waals surface area contributed by atoms with Gasteiger partial charge in [0.15, 0.2) is 0 Å². The molecule has 4 nitrogen and oxygen atoms in total. The lowest BCUT2D eigenvalue weighted by Crippen LogP contribution is -2.26. The van der Waals surface area contributed by atoms with Crippen LogP contribution in [0.4, 0.5) is 5.69 Å². The van der Waals surface area contributed by atoms with Gasteiger partial charge in [-0.25, -0.2) is 0 Å². The Kier molecular flexibility index (Phi) is 3.54. The second kappa shape index (κ2) is 5.34. The van der Waals surface area contributed by atoms with Crippen molar-refractivity contribution in [2.75, 3.05) is 25.1 Å². The number of nitrogens with two attached hydrogens (primary N) is 1. The number of nitrogens with zero attached hydrogens (tertiary/aromatic N) is 2. The highest BCUT2D eigenvalue weighted by molar-refractivity contribution is 7.80. The van der Waals surface area contributed by atoms with Crippen molar-refractivity contribution in [1.29, 1.82) is 0 Å². The van der Waals surface area contributed by atoms with Crippen molar-refractivity contribution < 1.29 is 4.74 Å². The van der Waals surface area contributed by atoms with Crippen LogP contribution in [0.15, 0.2) is 30.5 Å². The second-order valence-electron chi connectivity index (χ2n) is 4.99. The first-order chi connectivity index (χ1) is 9.70. The lowest BCUT2D eigenvalue weighted by molar-refractivity contribution is 0.121. The zero-order valence-electron chi connectivity index (χ0n) is 11.4. The molecule has 2 heterocycles. The molecule has 104 valence electrons. The van der Waals surface area contributed by atoms with Crippen molar-refractivity contribution in [3.63, 3.8) is 0 Å². The van der Waals surface area contributed by atoms with Gasteiger partial charge in [0.2, 0.25) is 0 Å². The summed E-state index contributed by atoms with van der Waals surface area (Å²) in [5, 5.41) is 1.09. The Labute approximate surface area is 123 Å². The molecule has 0 radical (unpaired) electrons. The van der Waals surface area contributed by atoms with Gasteiger partial charge in [-0.15, -0.1) is 0 Å². The summed E-state index contributed by atoms with van der Waals surface area (Å²) in [6.07, 6.45) is 3.06. The highest BCUT2D eigenvalue weighted by Gasteiger charge is 2.26. The van der Waals surface area contributed by atoms with E-state index in [0.29, 0.717) is 4.99 Å². The van der Waals surface area contributed by atoms with E-state index in [9.17, 15) is 0 Å². The third-order valence-corrected chi connectivity index (χ3v) is 4.03. The number of hydrogen-bond donors (Lipinski definition) is 1. The van der Waals surface area contributed by atoms with Crippen molar-refractivity contribution in [3.05, 3.63) is 36.0 Å². The molecule has 2 aromatic rings. The second-order valence-corrected chi connectivity index (χ2v) is 5.43. The molecule has 0 bridgehead atoms. The number of rotatable bonds is 3. The van der Waals surface area contributed by atoms with Crippen LogP contribution in [0.25, 0.3) is 10.9 Å². The number of para-hydroxylation sites is 1. The summed E-state index contributed by atoms with van der Waals surface area (Å²) in [7, 11) is 1.76. The first-order valence-electron chi connectivity index (χ1n) is 6.66. The monoisotopic (exact) mass is 287 g/mol. The molecule has 3 rings (SSSR count). The molecule has 1 unspecified atom stereocenters. The standard InChI is InChI=1S/C15H17N3OS/c1-19-10-6-7-18(9-10)14-11-4-2-3-5-13(11)17-8-12(14)15(16)20/h2-5,8,10H,6-7,9H2,1H3,(H2,16,20). The lowest BCUT2D eigenvalue weighted by Gasteiger charge is -2.23. The van der Waals surface area contributed by atoms with Gasteiger partial charge in [-0.1, -0.05) is 30.4 Å². The van der Waals surface area contributed by atoms with Crippen LogP contribution in [0.5, 0.6) is 0 Å². The molecule has 5 heteroatoms. The van der Waals surface area contributed by atoms with Crippen LogP contribution in [0.2, 0.25) is 0 Å². The molecule has 0 aliphatic carbocycles. The van der Waals surface area contributed by atoms with Gasteiger partial charge in [0.05, 0.1) is 22.9 Å². The highest BCUT2D eigenvalue weighted by atomic mass is 32.1. The number of fused-ring (bicyclic) bond motifs is 1. The number of aromatic nitrogens is 1. The topological polar surface area (TPSA) is 51.4 Å². The summed E-state index contributed by atoms with van der Waals surface area (Å²) >= 11 is 5.19. The number of hydrogen-bond acceptors (Lipinski definition) is 4. The van der Waals surface area contributed by atoms with E-state index in [4.69, 9.17) is 22.7 Å². The summed E-state index contributed by atoms with van der Waals surface area (Å²) in [5.41, 5.74) is 8.76. The van der Waals surface area contributed by atoms with Crippen LogP contribution in [0, 0.1) is 0 Å². The van der Waals surface area contributed by atoms with E-state index in [0.717, 1.165) is 41.7 Å². The molecular formula is C15H17N3OS. The van der Waals surface area contributed by atoms with Crippen LogP contribution in [-0.4, -0.2) is 36.3 Å². The molecular weight excluding hydrogens is 270 g/mol. The minimum atomic E-state index is 0.265. The van der Waals surface area contributed by atoms with Crippen molar-refractivity contribution in [1.82, 2.24) is 4.98 Å². The third-order valence-electron chi connectivity index (χ3n) is 3.81. The maximum atomic E-state index is 5.87. The van der Waals surface area contributed by atoms with E-state index in [1.165, 1.54) is 0 Å². The number of benzene rings is 1. The Morgan fingerprint density at radius 3 is 2.95 bits per heavy atom. The molecule has 1 aromatic heterocycles. The fraction of sp³-hybridized carbons (Fsp3) is 0.333. The first kappa shape index (κ1) is 13.3. The molecule has 1 saturated heterocycles. The summed E-state index contributed by atoms with van der Waals surface area (Å²) < 4.78 is 5.45. The van der Waals surface area contributed by atoms with Gasteiger partial charge in [0.25, 0.3) is 0 Å². The van der Waals surface area contributed by atoms with E-state index in [2.05, 4.69) is 16.0 Å². The van der Waals surface area contributed by atoms with E-state index < -0.39 is 0 Å². The predicted octanol–water partition coefficient (Wildman–Crippen LogP) is 2.09. The van der Waals surface area contributed by atoms with Crippen LogP contribution in [0.3, 0.4) is 0 Å². The van der Waals surface area contributed by atoms with Crippen LogP contribution >= 0.6 is 12.2 Å². The molecule has 1 aromatic carbocycles. The van der Waals surface area contributed by atoms with Gasteiger partial charge < -0.3 is 15.4 Å². The van der Waals surface area contributed by atoms with E-state index >= 15 is 0 Å². The number of anilines is 1. The summed E-state index contributed by atoms with van der Waals surface area (Å²) in [5.74, 6) is 0. The minimum Gasteiger partial charge on any atom is -0.389 e. The molecule has 1 atom stereocenters. The first-order valence-corrected chi connectivity index (χ1v) is 7.07. The Morgan fingerprint density at radius 2 is 2.25 bits per heavy atom. The average molecular weight is 287 g/mol. The zero-order chi connectivity index (χ0) is 14.1. The largest absolute Gasteiger partial charge is 0.389 e. The Hall–Kier alpha value is -1.72. The van der Waals surface area contributed by atoms with Crippen LogP contribution < -0.4 is 10.6 Å². The molecule has 2 N–H and O–H groups in total. The maximum absolute atomic E-state index is 5.87. The summed E-state index contributed by atoms with van der Waals surface area (Å²) in [6.45, 7) is 1.81. The molecule has 0 amide bonds. The van der Waals surface area contributed by atoms with Gasteiger partial charge >= 0.3 is 0 Å². The van der Waals surface area contributed by atoms with E-state index in [1.54, 1.807) is 13.3 Å². The average Bonchev–Trinajstić information content (AvgIpc) is 2.94. The number of pyridine rings is 1. The highest BCUT2D eigenvalue weighted by Crippen LogP contribution is 2.32. The van der Waals surface area contributed by atoms with Gasteiger partial charge in [0, 0.05) is 31.8 Å². The van der Waals surface area contributed by atoms with E-state index in [1.807, 2.05) is 18.2 Å². The molecule has 0 saturated carbocycles. The minimum absolute atomic E-state index is 0.265. The van der Waals surface area contributed by atoms with Gasteiger partial charge in [-0.3, -0.25) is 4.98 Å². The van der Waals surface area contributed by atoms with Gasteiger partial charge in [0.1, 0.15) is 4.99 Å². The van der Waals surface area contributed by atoms with Crippen molar-refractivity contribution in [2.24, 2.45) is 5.73 Å². The van der Waals surface area contributed by atoms with Gasteiger partial charge in [-0.05, 0) is 12.5 Å². The van der Waals surface area contributed by atoms with Gasteiger partial charge in [-0.2, -0.15) is 0 Å². The zero-order valence-corrected chi connectivity index (χ0v) is 12.2. The molecule has 1 aliphatic rings. The van der Waals surface area contributed by atoms with Crippen molar-refractivity contribution in [2.45, 2.75) is 12.5 Å². The van der Waals surface area contributed by atoms with Crippen LogP contribution in [-0.2, 0) is 4.74 Å². The summed E-state index contributed by atoms with van der Waals surface area (Å²) in [4.78, 5) is 7.13. The van der Waals surface area contributed by atoms with Crippen molar-refractivity contribution >= 4 is 33.8 Å². The third kappa shape index (κ3) is 2.23. The Balaban J connectivity index is 2.15. The fourth-order valence-corrected chi connectivity index (χ4v) is 2.92. The Bertz CT molecular complexity index is 659. The predicted molar refractivity (Wildman–Crippen MR) is 85.3 cm³/mol. The Morgan fingerprint density at radius 1 is 1.45 bits per heavy atom. The normalized spacial score (nSPS) is 18.6. The number of methoxy groups -OCH3 is 1. The molecule has 1 aliphatic heterocycles. The lowest BCUT2D eigenvalue weighted by atomic mass is 10.1. The number of ether oxygens (including phenoxy) is 1. The number of thiocarbonyl (C=S) groups is 1. The van der Waals surface area contributed by atoms with Crippen molar-refractivity contribution in [3.8, 4) is 0 Å². The maximum Gasteiger partial charge on any atom is 0.107 e. The fourth-order valence-electron chi connectivity index (χ4n) is 2.77. The SMILES string of the molecule is COC1CCN(c2c(C(N)=S)cnc3ccccc23)C1. The molecule has 1 fully saturated rings. The van der Waals surface area contributed by atoms with Crippen LogP contribution in [0.1, 0.15) is 12.0 Å². The molecule has 20 heavy (non-hydrogen) atoms. The molecule has 0 spiro atoms. The van der Waals surface area contributed by atoms with E-state index in [-0.39, 0.29) is 6.10 Å². The smallest absolute Gasteiger partial charge is 0.107 e. The summed E-state index contributed by atoms with van der Waals surface area (Å²) in [6, 6.07) is 8.08.